The summed E-state index contributed by atoms with van der Waals surface area (Å²) < 4.78 is 14.0. The van der Waals surface area contributed by atoms with E-state index in [1.165, 1.54) is 0 Å². The van der Waals surface area contributed by atoms with Crippen LogP contribution in [0.15, 0.2) is 12.3 Å². The lowest BCUT2D eigenvalue weighted by Gasteiger charge is -2.31. The van der Waals surface area contributed by atoms with Gasteiger partial charge in [0.05, 0.1) is 0 Å². The number of hydrogen-bond donors (Lipinski definition) is 1. The molecule has 0 aliphatic carbocycles. The summed E-state index contributed by atoms with van der Waals surface area (Å²) in [6.07, 6.45) is 3.85. The summed E-state index contributed by atoms with van der Waals surface area (Å²) in [6, 6.07) is 1.64. The van der Waals surface area contributed by atoms with Crippen molar-refractivity contribution in [2.24, 2.45) is 11.7 Å². The summed E-state index contributed by atoms with van der Waals surface area (Å²) in [6.45, 7) is 4.24. The van der Waals surface area contributed by atoms with Crippen molar-refractivity contribution in [1.82, 2.24) is 4.98 Å². The molecule has 0 spiro atoms. The topological polar surface area (TPSA) is 42.2 Å². The molecular weight excluding hydrogens is 205 g/mol. The SMILES string of the molecule is CC1CCN(c2nccc(CN)c2F)CC1. The average molecular weight is 223 g/mol. The first-order chi connectivity index (χ1) is 7.72. The maximum atomic E-state index is 14.0. The standard InChI is InChI=1S/C12H18FN3/c1-9-3-6-16(7-4-9)12-11(13)10(8-14)2-5-15-12/h2,5,9H,3-4,6-8,14H2,1H3. The maximum absolute atomic E-state index is 14.0. The number of halogens is 1. The van der Waals surface area contributed by atoms with Crippen molar-refractivity contribution in [3.8, 4) is 0 Å². The fraction of sp³-hybridized carbons (Fsp3) is 0.583. The van der Waals surface area contributed by atoms with E-state index in [2.05, 4.69) is 11.9 Å². The van der Waals surface area contributed by atoms with Gasteiger partial charge < -0.3 is 10.6 Å². The minimum absolute atomic E-state index is 0.228. The predicted molar refractivity (Wildman–Crippen MR) is 62.7 cm³/mol. The van der Waals surface area contributed by atoms with Crippen molar-refractivity contribution >= 4 is 5.82 Å². The van der Waals surface area contributed by atoms with Gasteiger partial charge in [0.2, 0.25) is 0 Å². The van der Waals surface area contributed by atoms with Crippen LogP contribution in [0.25, 0.3) is 0 Å². The van der Waals surface area contributed by atoms with Crippen molar-refractivity contribution in [2.45, 2.75) is 26.3 Å². The molecule has 0 radical (unpaired) electrons. The molecule has 88 valence electrons. The van der Waals surface area contributed by atoms with Gasteiger partial charge in [0.25, 0.3) is 0 Å². The first-order valence-corrected chi connectivity index (χ1v) is 5.80. The van der Waals surface area contributed by atoms with Crippen LogP contribution in [0.5, 0.6) is 0 Å². The first-order valence-electron chi connectivity index (χ1n) is 5.80. The van der Waals surface area contributed by atoms with E-state index in [1.54, 1.807) is 12.3 Å². The monoisotopic (exact) mass is 223 g/mol. The number of anilines is 1. The lowest BCUT2D eigenvalue weighted by Crippen LogP contribution is -2.34. The number of rotatable bonds is 2. The Balaban J connectivity index is 2.20. The lowest BCUT2D eigenvalue weighted by molar-refractivity contribution is 0.431. The Bertz CT molecular complexity index is 359. The van der Waals surface area contributed by atoms with Crippen LogP contribution in [-0.4, -0.2) is 18.1 Å². The number of hydrogen-bond acceptors (Lipinski definition) is 3. The lowest BCUT2D eigenvalue weighted by atomic mass is 9.99. The molecule has 0 unspecified atom stereocenters. The molecule has 1 fully saturated rings. The molecule has 1 saturated heterocycles. The van der Waals surface area contributed by atoms with Crippen LogP contribution in [0.4, 0.5) is 10.2 Å². The summed E-state index contributed by atoms with van der Waals surface area (Å²) in [5.74, 6) is 0.950. The van der Waals surface area contributed by atoms with E-state index >= 15 is 0 Å². The number of nitrogens with two attached hydrogens (primary N) is 1. The number of piperidine rings is 1. The van der Waals surface area contributed by atoms with Gasteiger partial charge in [-0.05, 0) is 24.8 Å². The largest absolute Gasteiger partial charge is 0.354 e. The Morgan fingerprint density at radius 3 is 2.81 bits per heavy atom. The third kappa shape index (κ3) is 2.16. The zero-order valence-electron chi connectivity index (χ0n) is 9.62. The van der Waals surface area contributed by atoms with Gasteiger partial charge in [-0.2, -0.15) is 0 Å². The van der Waals surface area contributed by atoms with Crippen molar-refractivity contribution in [2.75, 3.05) is 18.0 Å². The van der Waals surface area contributed by atoms with Gasteiger partial charge in [0, 0.05) is 31.4 Å². The van der Waals surface area contributed by atoms with E-state index in [4.69, 9.17) is 5.73 Å². The quantitative estimate of drug-likeness (QED) is 0.832. The highest BCUT2D eigenvalue weighted by molar-refractivity contribution is 5.43. The molecule has 0 amide bonds. The molecule has 0 atom stereocenters. The Labute approximate surface area is 95.5 Å². The molecule has 3 nitrogen and oxygen atoms in total. The van der Waals surface area contributed by atoms with Crippen molar-refractivity contribution in [1.29, 1.82) is 0 Å². The van der Waals surface area contributed by atoms with E-state index in [9.17, 15) is 4.39 Å². The zero-order chi connectivity index (χ0) is 11.5. The third-order valence-corrected chi connectivity index (χ3v) is 3.25. The molecule has 1 aliphatic rings. The molecule has 4 heteroatoms. The fourth-order valence-electron chi connectivity index (χ4n) is 2.07. The van der Waals surface area contributed by atoms with Gasteiger partial charge in [0.15, 0.2) is 11.6 Å². The highest BCUT2D eigenvalue weighted by atomic mass is 19.1. The Hall–Kier alpha value is -1.16. The highest BCUT2D eigenvalue weighted by Gasteiger charge is 2.20. The molecule has 0 aromatic carbocycles. The summed E-state index contributed by atoms with van der Waals surface area (Å²) in [5.41, 5.74) is 6.03. The molecule has 1 aromatic heterocycles. The van der Waals surface area contributed by atoms with Gasteiger partial charge >= 0.3 is 0 Å². The molecular formula is C12H18FN3. The van der Waals surface area contributed by atoms with Crippen LogP contribution in [0.1, 0.15) is 25.3 Å². The van der Waals surface area contributed by atoms with Crippen molar-refractivity contribution in [3.05, 3.63) is 23.6 Å². The van der Waals surface area contributed by atoms with Crippen LogP contribution < -0.4 is 10.6 Å². The normalized spacial score (nSPS) is 17.8. The number of aromatic nitrogens is 1. The summed E-state index contributed by atoms with van der Waals surface area (Å²) in [5, 5.41) is 0. The zero-order valence-corrected chi connectivity index (χ0v) is 9.62. The average Bonchev–Trinajstić information content (AvgIpc) is 2.31. The molecule has 2 heterocycles. The smallest absolute Gasteiger partial charge is 0.170 e. The minimum atomic E-state index is -0.250. The molecule has 16 heavy (non-hydrogen) atoms. The Morgan fingerprint density at radius 1 is 1.50 bits per heavy atom. The second-order valence-electron chi connectivity index (χ2n) is 4.48. The van der Waals surface area contributed by atoms with Gasteiger partial charge in [-0.25, -0.2) is 9.37 Å². The second kappa shape index (κ2) is 4.78. The van der Waals surface area contributed by atoms with E-state index in [1.807, 2.05) is 4.90 Å². The van der Waals surface area contributed by atoms with Crippen LogP contribution in [-0.2, 0) is 6.54 Å². The van der Waals surface area contributed by atoms with E-state index in [-0.39, 0.29) is 12.4 Å². The van der Waals surface area contributed by atoms with Crippen LogP contribution in [0.2, 0.25) is 0 Å². The molecule has 2 N–H and O–H groups in total. The van der Waals surface area contributed by atoms with E-state index in [0.29, 0.717) is 11.4 Å². The van der Waals surface area contributed by atoms with Gasteiger partial charge in [-0.1, -0.05) is 6.92 Å². The van der Waals surface area contributed by atoms with Crippen LogP contribution in [0.3, 0.4) is 0 Å². The molecule has 0 bridgehead atoms. The van der Waals surface area contributed by atoms with Gasteiger partial charge in [-0.15, -0.1) is 0 Å². The minimum Gasteiger partial charge on any atom is -0.354 e. The predicted octanol–water partition coefficient (Wildman–Crippen LogP) is 1.92. The summed E-state index contributed by atoms with van der Waals surface area (Å²) in [7, 11) is 0. The Kier molecular flexibility index (Phi) is 3.39. The molecule has 1 aromatic rings. The van der Waals surface area contributed by atoms with Crippen LogP contribution >= 0.6 is 0 Å². The van der Waals surface area contributed by atoms with E-state index in [0.717, 1.165) is 31.8 Å². The van der Waals surface area contributed by atoms with Gasteiger partial charge in [0.1, 0.15) is 0 Å². The first kappa shape index (κ1) is 11.3. The highest BCUT2D eigenvalue weighted by Crippen LogP contribution is 2.24. The summed E-state index contributed by atoms with van der Waals surface area (Å²) in [4.78, 5) is 6.15. The Morgan fingerprint density at radius 2 is 2.19 bits per heavy atom. The maximum Gasteiger partial charge on any atom is 0.170 e. The molecule has 0 saturated carbocycles. The molecule has 2 rings (SSSR count). The number of nitrogens with zero attached hydrogens (tertiary/aromatic N) is 2. The van der Waals surface area contributed by atoms with E-state index < -0.39 is 0 Å². The van der Waals surface area contributed by atoms with Crippen molar-refractivity contribution in [3.63, 3.8) is 0 Å². The second-order valence-corrected chi connectivity index (χ2v) is 4.48. The number of pyridine rings is 1. The summed E-state index contributed by atoms with van der Waals surface area (Å²) >= 11 is 0. The third-order valence-electron chi connectivity index (χ3n) is 3.25. The van der Waals surface area contributed by atoms with Crippen LogP contribution in [0, 0.1) is 11.7 Å². The fourth-order valence-corrected chi connectivity index (χ4v) is 2.07. The molecule has 1 aliphatic heterocycles. The van der Waals surface area contributed by atoms with Gasteiger partial charge in [-0.3, -0.25) is 0 Å². The van der Waals surface area contributed by atoms with Crippen molar-refractivity contribution < 1.29 is 4.39 Å².